The molecule has 0 radical (unpaired) electrons. The van der Waals surface area contributed by atoms with Crippen molar-refractivity contribution in [2.75, 3.05) is 19.5 Å². The highest BCUT2D eigenvalue weighted by Gasteiger charge is 2.27. The van der Waals surface area contributed by atoms with Gasteiger partial charge in [0.25, 0.3) is 0 Å². The second kappa shape index (κ2) is 8.98. The number of aryl methyl sites for hydroxylation is 1. The molecule has 0 aliphatic carbocycles. The van der Waals surface area contributed by atoms with Crippen LogP contribution in [0.4, 0.5) is 5.69 Å². The topological polar surface area (TPSA) is 102 Å². The van der Waals surface area contributed by atoms with Crippen molar-refractivity contribution in [1.82, 2.24) is 20.6 Å². The molecule has 28 heavy (non-hydrogen) atoms. The highest BCUT2D eigenvalue weighted by molar-refractivity contribution is 5.95. The summed E-state index contributed by atoms with van der Waals surface area (Å²) in [6, 6.07) is 13.2. The van der Waals surface area contributed by atoms with Crippen LogP contribution in [0.3, 0.4) is 0 Å². The summed E-state index contributed by atoms with van der Waals surface area (Å²) in [5, 5.41) is 17.0. The molecule has 1 atom stereocenters. The smallest absolute Gasteiger partial charge is 0.235 e. The zero-order chi connectivity index (χ0) is 19.9. The van der Waals surface area contributed by atoms with Crippen molar-refractivity contribution in [2.45, 2.75) is 25.7 Å². The van der Waals surface area contributed by atoms with E-state index in [2.05, 4.69) is 32.9 Å². The minimum absolute atomic E-state index is 0.219. The SMILES string of the molecule is CCc1ccc(NC(=O)[C@@H](Cc2ccc(OC)cc2OC)c2nn[nH]n2)cc1. The lowest BCUT2D eigenvalue weighted by molar-refractivity contribution is -0.117. The Kier molecular flexibility index (Phi) is 6.21. The molecule has 0 bridgehead atoms. The summed E-state index contributed by atoms with van der Waals surface area (Å²) in [6.45, 7) is 2.09. The Morgan fingerprint density at radius 3 is 2.54 bits per heavy atom. The number of methoxy groups -OCH3 is 2. The molecule has 0 fully saturated rings. The highest BCUT2D eigenvalue weighted by Crippen LogP contribution is 2.29. The number of benzene rings is 2. The van der Waals surface area contributed by atoms with Crippen LogP contribution in [0.1, 0.15) is 29.8 Å². The Morgan fingerprint density at radius 2 is 1.93 bits per heavy atom. The van der Waals surface area contributed by atoms with Gasteiger partial charge in [0, 0.05) is 11.8 Å². The molecule has 2 aromatic carbocycles. The number of hydrogen-bond acceptors (Lipinski definition) is 6. The molecule has 0 aliphatic rings. The van der Waals surface area contributed by atoms with Gasteiger partial charge in [0.15, 0.2) is 5.82 Å². The van der Waals surface area contributed by atoms with Crippen molar-refractivity contribution in [3.63, 3.8) is 0 Å². The number of H-pyrrole nitrogens is 1. The summed E-state index contributed by atoms with van der Waals surface area (Å²) in [7, 11) is 3.17. The molecule has 1 aromatic heterocycles. The highest BCUT2D eigenvalue weighted by atomic mass is 16.5. The Bertz CT molecular complexity index is 910. The van der Waals surface area contributed by atoms with Crippen LogP contribution in [0.25, 0.3) is 0 Å². The Labute approximate surface area is 163 Å². The van der Waals surface area contributed by atoms with Crippen LogP contribution in [0.15, 0.2) is 42.5 Å². The fraction of sp³-hybridized carbons (Fsp3) is 0.300. The Hall–Kier alpha value is -3.42. The number of ether oxygens (including phenoxy) is 2. The van der Waals surface area contributed by atoms with E-state index in [-0.39, 0.29) is 5.91 Å². The summed E-state index contributed by atoms with van der Waals surface area (Å²) in [5.41, 5.74) is 2.77. The third kappa shape index (κ3) is 4.46. The van der Waals surface area contributed by atoms with Gasteiger partial charge in [-0.05, 0) is 42.2 Å². The first-order chi connectivity index (χ1) is 13.6. The summed E-state index contributed by atoms with van der Waals surface area (Å²) in [4.78, 5) is 13.0. The maximum Gasteiger partial charge on any atom is 0.235 e. The number of aromatic amines is 1. The molecule has 0 saturated heterocycles. The molecule has 0 spiro atoms. The monoisotopic (exact) mass is 381 g/mol. The normalized spacial score (nSPS) is 11.7. The van der Waals surface area contributed by atoms with Gasteiger partial charge in [0.1, 0.15) is 17.4 Å². The molecule has 8 heteroatoms. The van der Waals surface area contributed by atoms with Crippen LogP contribution in [0, 0.1) is 0 Å². The van der Waals surface area contributed by atoms with Crippen molar-refractivity contribution >= 4 is 11.6 Å². The van der Waals surface area contributed by atoms with Crippen molar-refractivity contribution in [2.24, 2.45) is 0 Å². The minimum atomic E-state index is -0.633. The van der Waals surface area contributed by atoms with Crippen LogP contribution in [0.2, 0.25) is 0 Å². The first kappa shape index (κ1) is 19.3. The van der Waals surface area contributed by atoms with E-state index >= 15 is 0 Å². The third-order valence-electron chi connectivity index (χ3n) is 4.54. The number of hydrogen-bond donors (Lipinski definition) is 2. The van der Waals surface area contributed by atoms with Gasteiger partial charge in [-0.1, -0.05) is 30.3 Å². The fourth-order valence-electron chi connectivity index (χ4n) is 2.91. The van der Waals surface area contributed by atoms with Gasteiger partial charge in [-0.15, -0.1) is 10.2 Å². The maximum absolute atomic E-state index is 13.0. The number of amides is 1. The van der Waals surface area contributed by atoms with Gasteiger partial charge < -0.3 is 14.8 Å². The summed E-state index contributed by atoms with van der Waals surface area (Å²) >= 11 is 0. The van der Waals surface area contributed by atoms with E-state index in [0.29, 0.717) is 23.7 Å². The average molecular weight is 381 g/mol. The van der Waals surface area contributed by atoms with Gasteiger partial charge >= 0.3 is 0 Å². The van der Waals surface area contributed by atoms with E-state index in [1.165, 1.54) is 5.56 Å². The predicted octanol–water partition coefficient (Wildman–Crippen LogP) is 2.74. The lowest BCUT2D eigenvalue weighted by Crippen LogP contribution is -2.24. The molecule has 0 aliphatic heterocycles. The van der Waals surface area contributed by atoms with Crippen molar-refractivity contribution in [3.05, 3.63) is 59.4 Å². The van der Waals surface area contributed by atoms with Gasteiger partial charge in [-0.2, -0.15) is 5.21 Å². The molecule has 3 rings (SSSR count). The van der Waals surface area contributed by atoms with Gasteiger partial charge in [-0.3, -0.25) is 4.79 Å². The van der Waals surface area contributed by atoms with Crippen molar-refractivity contribution in [3.8, 4) is 11.5 Å². The Balaban J connectivity index is 1.84. The van der Waals surface area contributed by atoms with E-state index in [0.717, 1.165) is 17.7 Å². The number of aromatic nitrogens is 4. The number of carbonyl (C=O) groups is 1. The minimum Gasteiger partial charge on any atom is -0.497 e. The molecule has 2 N–H and O–H groups in total. The number of tetrazole rings is 1. The van der Waals surface area contributed by atoms with Crippen LogP contribution >= 0.6 is 0 Å². The molecule has 0 saturated carbocycles. The van der Waals surface area contributed by atoms with E-state index in [4.69, 9.17) is 9.47 Å². The predicted molar refractivity (Wildman–Crippen MR) is 105 cm³/mol. The first-order valence-corrected chi connectivity index (χ1v) is 8.98. The molecule has 1 amide bonds. The number of nitrogens with zero attached hydrogens (tertiary/aromatic N) is 3. The molecule has 1 heterocycles. The number of rotatable bonds is 8. The van der Waals surface area contributed by atoms with E-state index in [1.807, 2.05) is 36.4 Å². The Morgan fingerprint density at radius 1 is 1.14 bits per heavy atom. The maximum atomic E-state index is 13.0. The second-order valence-corrected chi connectivity index (χ2v) is 6.24. The standard InChI is InChI=1S/C20H23N5O3/c1-4-13-5-8-15(9-6-13)21-20(26)17(19-22-24-25-23-19)11-14-7-10-16(27-2)12-18(14)28-3/h5-10,12,17H,4,11H2,1-3H3,(H,21,26)(H,22,23,24,25)/t17-/m0/s1. The molecule has 146 valence electrons. The zero-order valence-electron chi connectivity index (χ0n) is 16.1. The summed E-state index contributed by atoms with van der Waals surface area (Å²) < 4.78 is 10.7. The molecular weight excluding hydrogens is 358 g/mol. The second-order valence-electron chi connectivity index (χ2n) is 6.24. The fourth-order valence-corrected chi connectivity index (χ4v) is 2.91. The molecule has 3 aromatic rings. The van der Waals surface area contributed by atoms with Crippen LogP contribution in [0.5, 0.6) is 11.5 Å². The van der Waals surface area contributed by atoms with Crippen LogP contribution < -0.4 is 14.8 Å². The van der Waals surface area contributed by atoms with E-state index in [9.17, 15) is 4.79 Å². The summed E-state index contributed by atoms with van der Waals surface area (Å²) in [6.07, 6.45) is 1.29. The number of anilines is 1. The summed E-state index contributed by atoms with van der Waals surface area (Å²) in [5.74, 6) is 0.779. The molecular formula is C20H23N5O3. The first-order valence-electron chi connectivity index (χ1n) is 8.98. The van der Waals surface area contributed by atoms with E-state index < -0.39 is 5.92 Å². The van der Waals surface area contributed by atoms with Gasteiger partial charge in [-0.25, -0.2) is 0 Å². The molecule has 8 nitrogen and oxygen atoms in total. The largest absolute Gasteiger partial charge is 0.497 e. The number of nitrogens with one attached hydrogen (secondary N) is 2. The lowest BCUT2D eigenvalue weighted by Gasteiger charge is -2.16. The third-order valence-corrected chi connectivity index (χ3v) is 4.54. The van der Waals surface area contributed by atoms with E-state index in [1.54, 1.807) is 20.3 Å². The quantitative estimate of drug-likeness (QED) is 0.622. The molecule has 0 unspecified atom stereocenters. The van der Waals surface area contributed by atoms with Crippen LogP contribution in [-0.4, -0.2) is 40.8 Å². The van der Waals surface area contributed by atoms with Crippen molar-refractivity contribution < 1.29 is 14.3 Å². The average Bonchev–Trinajstić information content (AvgIpc) is 3.26. The number of carbonyl (C=O) groups excluding carboxylic acids is 1. The van der Waals surface area contributed by atoms with Gasteiger partial charge in [0.2, 0.25) is 5.91 Å². The lowest BCUT2D eigenvalue weighted by atomic mass is 9.96. The van der Waals surface area contributed by atoms with Crippen LogP contribution in [-0.2, 0) is 17.6 Å². The van der Waals surface area contributed by atoms with Gasteiger partial charge in [0.05, 0.1) is 14.2 Å². The van der Waals surface area contributed by atoms with Crippen molar-refractivity contribution in [1.29, 1.82) is 0 Å². The zero-order valence-corrected chi connectivity index (χ0v) is 16.1.